The molecule has 1 amide bonds. The summed E-state index contributed by atoms with van der Waals surface area (Å²) in [6.45, 7) is 5.76. The molecule has 1 aromatic rings. The van der Waals surface area contributed by atoms with Gasteiger partial charge in [0.25, 0.3) is 0 Å². The predicted molar refractivity (Wildman–Crippen MR) is 70.8 cm³/mol. The van der Waals surface area contributed by atoms with Crippen LogP contribution in [0.15, 0.2) is 24.3 Å². The molecule has 17 heavy (non-hydrogen) atoms. The molecule has 1 aromatic carbocycles. The molecule has 0 unspecified atom stereocenters. The second kappa shape index (κ2) is 6.03. The van der Waals surface area contributed by atoms with E-state index in [1.165, 1.54) is 0 Å². The fourth-order valence-corrected chi connectivity index (χ4v) is 1.67. The molecule has 0 aromatic heterocycles. The molecule has 0 fully saturated rings. The molecular weight excluding hydrogens is 236 g/mol. The molecule has 0 spiro atoms. The second-order valence-electron chi connectivity index (χ2n) is 4.56. The normalized spacial score (nSPS) is 14.5. The van der Waals surface area contributed by atoms with Gasteiger partial charge in [0.15, 0.2) is 0 Å². The predicted octanol–water partition coefficient (Wildman–Crippen LogP) is 2.50. The van der Waals surface area contributed by atoms with Crippen LogP contribution in [-0.4, -0.2) is 11.9 Å². The first-order chi connectivity index (χ1) is 7.91. The summed E-state index contributed by atoms with van der Waals surface area (Å²) in [5.41, 5.74) is 6.75. The van der Waals surface area contributed by atoms with Gasteiger partial charge in [0.1, 0.15) is 0 Å². The number of nitrogens with two attached hydrogens (primary N) is 1. The smallest absolute Gasteiger partial charge is 0.237 e. The van der Waals surface area contributed by atoms with Gasteiger partial charge in [-0.2, -0.15) is 0 Å². The fourth-order valence-electron chi connectivity index (χ4n) is 1.47. The number of nitrogens with one attached hydrogen (secondary N) is 1. The minimum Gasteiger partial charge on any atom is -0.348 e. The first-order valence-electron chi connectivity index (χ1n) is 5.73. The molecule has 0 aliphatic carbocycles. The van der Waals surface area contributed by atoms with Crippen molar-refractivity contribution in [1.29, 1.82) is 0 Å². The number of rotatable bonds is 4. The molecule has 0 radical (unpaired) electrons. The maximum atomic E-state index is 11.8. The third-order valence-electron chi connectivity index (χ3n) is 2.73. The standard InChI is InChI=1S/C13H19ClN2O/c1-8(2)12(15)13(17)16-9(3)10-5-4-6-11(14)7-10/h4-9,12H,15H2,1-3H3,(H,16,17)/t9-,12+/m0/s1. The third kappa shape index (κ3) is 4.02. The van der Waals surface area contributed by atoms with Crippen molar-refractivity contribution in [3.63, 3.8) is 0 Å². The summed E-state index contributed by atoms with van der Waals surface area (Å²) >= 11 is 5.90. The zero-order valence-electron chi connectivity index (χ0n) is 10.4. The molecule has 0 saturated carbocycles. The average molecular weight is 255 g/mol. The van der Waals surface area contributed by atoms with Gasteiger partial charge in [-0.25, -0.2) is 0 Å². The highest BCUT2D eigenvalue weighted by Crippen LogP contribution is 2.17. The molecule has 3 N–H and O–H groups in total. The monoisotopic (exact) mass is 254 g/mol. The molecule has 0 saturated heterocycles. The SMILES string of the molecule is CC(C)[C@@H](N)C(=O)N[C@@H](C)c1cccc(Cl)c1. The van der Waals surface area contributed by atoms with Gasteiger partial charge >= 0.3 is 0 Å². The Bertz CT molecular complexity index is 393. The van der Waals surface area contributed by atoms with Gasteiger partial charge < -0.3 is 11.1 Å². The highest BCUT2D eigenvalue weighted by molar-refractivity contribution is 6.30. The van der Waals surface area contributed by atoms with E-state index in [2.05, 4.69) is 5.32 Å². The maximum Gasteiger partial charge on any atom is 0.237 e. The molecule has 94 valence electrons. The quantitative estimate of drug-likeness (QED) is 0.868. The van der Waals surface area contributed by atoms with Crippen LogP contribution in [0.4, 0.5) is 0 Å². The van der Waals surface area contributed by atoms with Crippen molar-refractivity contribution in [2.45, 2.75) is 32.9 Å². The minimum atomic E-state index is -0.475. The van der Waals surface area contributed by atoms with Crippen LogP contribution >= 0.6 is 11.6 Å². The second-order valence-corrected chi connectivity index (χ2v) is 4.99. The van der Waals surface area contributed by atoms with Crippen molar-refractivity contribution in [2.24, 2.45) is 11.7 Å². The van der Waals surface area contributed by atoms with Crippen molar-refractivity contribution in [3.05, 3.63) is 34.9 Å². The van der Waals surface area contributed by atoms with Crippen molar-refractivity contribution < 1.29 is 4.79 Å². The maximum absolute atomic E-state index is 11.8. The number of amides is 1. The summed E-state index contributed by atoms with van der Waals surface area (Å²) in [6.07, 6.45) is 0. The lowest BCUT2D eigenvalue weighted by atomic mass is 10.0. The van der Waals surface area contributed by atoms with Crippen LogP contribution in [0.1, 0.15) is 32.4 Å². The van der Waals surface area contributed by atoms with Gasteiger partial charge in [-0.05, 0) is 30.5 Å². The Balaban J connectivity index is 2.66. The lowest BCUT2D eigenvalue weighted by Gasteiger charge is -2.20. The van der Waals surface area contributed by atoms with E-state index < -0.39 is 6.04 Å². The van der Waals surface area contributed by atoms with E-state index in [-0.39, 0.29) is 17.9 Å². The molecule has 2 atom stereocenters. The average Bonchev–Trinajstić information content (AvgIpc) is 2.27. The molecule has 0 heterocycles. The van der Waals surface area contributed by atoms with E-state index in [1.54, 1.807) is 6.07 Å². The number of halogens is 1. The summed E-state index contributed by atoms with van der Waals surface area (Å²) in [5.74, 6) is -0.00552. The molecule has 4 heteroatoms. The Morgan fingerprint density at radius 2 is 2.00 bits per heavy atom. The van der Waals surface area contributed by atoms with Crippen LogP contribution in [0.5, 0.6) is 0 Å². The van der Waals surface area contributed by atoms with Crippen LogP contribution in [-0.2, 0) is 4.79 Å². The molecular formula is C13H19ClN2O. The topological polar surface area (TPSA) is 55.1 Å². The lowest BCUT2D eigenvalue weighted by molar-refractivity contribution is -0.123. The Hall–Kier alpha value is -1.06. The van der Waals surface area contributed by atoms with Gasteiger partial charge in [0.2, 0.25) is 5.91 Å². The summed E-state index contributed by atoms with van der Waals surface area (Å²) in [7, 11) is 0. The molecule has 0 bridgehead atoms. The van der Waals surface area contributed by atoms with Crippen molar-refractivity contribution >= 4 is 17.5 Å². The minimum absolute atomic E-state index is 0.0917. The molecule has 1 rings (SSSR count). The van der Waals surface area contributed by atoms with Gasteiger partial charge in [-0.3, -0.25) is 4.79 Å². The van der Waals surface area contributed by atoms with Gasteiger partial charge in [0, 0.05) is 5.02 Å². The van der Waals surface area contributed by atoms with E-state index in [1.807, 2.05) is 39.0 Å². The van der Waals surface area contributed by atoms with E-state index in [0.717, 1.165) is 5.56 Å². The van der Waals surface area contributed by atoms with E-state index in [9.17, 15) is 4.79 Å². The first kappa shape index (κ1) is 14.0. The van der Waals surface area contributed by atoms with Crippen LogP contribution in [0, 0.1) is 5.92 Å². The Labute approximate surface area is 107 Å². The summed E-state index contributed by atoms with van der Waals surface area (Å²) in [5, 5.41) is 3.55. The van der Waals surface area contributed by atoms with Crippen LogP contribution in [0.3, 0.4) is 0 Å². The summed E-state index contributed by atoms with van der Waals surface area (Å²) in [6, 6.07) is 6.87. The van der Waals surface area contributed by atoms with E-state index in [0.29, 0.717) is 5.02 Å². The number of hydrogen-bond acceptors (Lipinski definition) is 2. The first-order valence-corrected chi connectivity index (χ1v) is 6.11. The van der Waals surface area contributed by atoms with Gasteiger partial charge in [-0.15, -0.1) is 0 Å². The largest absolute Gasteiger partial charge is 0.348 e. The lowest BCUT2D eigenvalue weighted by Crippen LogP contribution is -2.44. The Morgan fingerprint density at radius 3 is 2.53 bits per heavy atom. The van der Waals surface area contributed by atoms with Crippen LogP contribution < -0.4 is 11.1 Å². The molecule has 3 nitrogen and oxygen atoms in total. The number of carbonyl (C=O) groups excluding carboxylic acids is 1. The van der Waals surface area contributed by atoms with Crippen molar-refractivity contribution in [2.75, 3.05) is 0 Å². The number of carbonyl (C=O) groups is 1. The van der Waals surface area contributed by atoms with Crippen molar-refractivity contribution in [3.8, 4) is 0 Å². The molecule has 0 aliphatic heterocycles. The Kier molecular flexibility index (Phi) is 4.97. The third-order valence-corrected chi connectivity index (χ3v) is 2.96. The summed E-state index contributed by atoms with van der Waals surface area (Å²) in [4.78, 5) is 11.8. The van der Waals surface area contributed by atoms with E-state index in [4.69, 9.17) is 17.3 Å². The summed E-state index contributed by atoms with van der Waals surface area (Å²) < 4.78 is 0. The Morgan fingerprint density at radius 1 is 1.35 bits per heavy atom. The van der Waals surface area contributed by atoms with Crippen molar-refractivity contribution in [1.82, 2.24) is 5.32 Å². The highest BCUT2D eigenvalue weighted by atomic mass is 35.5. The number of hydrogen-bond donors (Lipinski definition) is 2. The van der Waals surface area contributed by atoms with Gasteiger partial charge in [-0.1, -0.05) is 37.6 Å². The molecule has 0 aliphatic rings. The number of benzene rings is 1. The fraction of sp³-hybridized carbons (Fsp3) is 0.462. The highest BCUT2D eigenvalue weighted by Gasteiger charge is 2.19. The van der Waals surface area contributed by atoms with E-state index >= 15 is 0 Å². The van der Waals surface area contributed by atoms with Gasteiger partial charge in [0.05, 0.1) is 12.1 Å². The van der Waals surface area contributed by atoms with Crippen LogP contribution in [0.2, 0.25) is 5.02 Å². The zero-order chi connectivity index (χ0) is 13.0. The van der Waals surface area contributed by atoms with Crippen LogP contribution in [0.25, 0.3) is 0 Å². The zero-order valence-corrected chi connectivity index (χ0v) is 11.2.